The van der Waals surface area contributed by atoms with Crippen LogP contribution in [0.3, 0.4) is 0 Å². The van der Waals surface area contributed by atoms with Crippen molar-refractivity contribution in [2.24, 2.45) is 0 Å². The second-order valence-corrected chi connectivity index (χ2v) is 11.7. The van der Waals surface area contributed by atoms with Crippen LogP contribution < -0.4 is 0 Å². The van der Waals surface area contributed by atoms with Crippen LogP contribution in [-0.4, -0.2) is 92.2 Å². The van der Waals surface area contributed by atoms with Gasteiger partial charge in [-0.1, -0.05) is 60.7 Å². The van der Waals surface area contributed by atoms with E-state index in [0.717, 1.165) is 25.9 Å². The number of nitrogens with zero attached hydrogens (tertiary/aromatic N) is 2. The van der Waals surface area contributed by atoms with Crippen LogP contribution in [0.2, 0.25) is 0 Å². The van der Waals surface area contributed by atoms with Crippen molar-refractivity contribution in [2.45, 2.75) is 62.3 Å². The molecule has 1 spiro atoms. The number of hydrogen-bond donors (Lipinski definition) is 0. The lowest BCUT2D eigenvalue weighted by atomic mass is 9.85. The van der Waals surface area contributed by atoms with Gasteiger partial charge in [-0.25, -0.2) is 9.59 Å². The van der Waals surface area contributed by atoms with E-state index in [9.17, 15) is 9.59 Å². The standard InChI is InChI=1S/C32H41N2O6/c35-30(39-29-23-27-13-14-28(24-29)34(27)18-7-8-19-34)32(25-9-3-1-4-10-25,26-11-5-2-6-12-26)40-31(36)38-22-17-33-15-20-37-21-16-33/h1-6,9-12,27-29H,7-8,13-24H2/q+1. The highest BCUT2D eigenvalue weighted by atomic mass is 16.7. The third-order valence-corrected chi connectivity index (χ3v) is 9.65. The van der Waals surface area contributed by atoms with Crippen LogP contribution in [0.25, 0.3) is 0 Å². The number of quaternary nitrogens is 1. The Bertz CT molecular complexity index is 1090. The summed E-state index contributed by atoms with van der Waals surface area (Å²) in [5.41, 5.74) is -0.689. The van der Waals surface area contributed by atoms with E-state index in [1.54, 1.807) is 0 Å². The van der Waals surface area contributed by atoms with Gasteiger partial charge in [0.2, 0.25) is 0 Å². The number of ether oxygens (including phenoxy) is 4. The molecule has 2 unspecified atom stereocenters. The fraction of sp³-hybridized carbons (Fsp3) is 0.562. The molecule has 4 saturated heterocycles. The Hall–Kier alpha value is -2.94. The number of carbonyl (C=O) groups excluding carboxylic acids is 2. The summed E-state index contributed by atoms with van der Waals surface area (Å²) in [7, 11) is 0. The lowest BCUT2D eigenvalue weighted by Gasteiger charge is -2.47. The number of carbonyl (C=O) groups is 2. The molecule has 2 bridgehead atoms. The van der Waals surface area contributed by atoms with Gasteiger partial charge in [-0.2, -0.15) is 0 Å². The van der Waals surface area contributed by atoms with Crippen molar-refractivity contribution in [1.82, 2.24) is 4.90 Å². The van der Waals surface area contributed by atoms with E-state index in [0.29, 0.717) is 43.0 Å². The number of morpholine rings is 1. The normalized spacial score (nSPS) is 25.9. The highest BCUT2D eigenvalue weighted by Gasteiger charge is 2.57. The molecule has 0 saturated carbocycles. The minimum Gasteiger partial charge on any atom is -0.458 e. The smallest absolute Gasteiger partial charge is 0.458 e. The molecule has 0 aromatic heterocycles. The van der Waals surface area contributed by atoms with Crippen LogP contribution in [0, 0.1) is 0 Å². The van der Waals surface area contributed by atoms with Crippen LogP contribution in [0.1, 0.15) is 49.7 Å². The van der Waals surface area contributed by atoms with Crippen molar-refractivity contribution in [3.05, 3.63) is 71.8 Å². The lowest BCUT2D eigenvalue weighted by molar-refractivity contribution is -0.956. The SMILES string of the molecule is O=C(OCCN1CCOCC1)OC(C(=O)OC1CC2CCC(C1)[N+]21CCCC1)(c1ccccc1)c1ccccc1. The van der Waals surface area contributed by atoms with Crippen molar-refractivity contribution >= 4 is 12.1 Å². The van der Waals surface area contributed by atoms with Crippen LogP contribution in [0.4, 0.5) is 4.79 Å². The lowest BCUT2D eigenvalue weighted by Crippen LogP contribution is -2.60. The Morgan fingerprint density at radius 1 is 0.875 bits per heavy atom. The first-order valence-electron chi connectivity index (χ1n) is 14.9. The summed E-state index contributed by atoms with van der Waals surface area (Å²) in [4.78, 5) is 29.8. The zero-order chi connectivity index (χ0) is 27.4. The van der Waals surface area contributed by atoms with Crippen molar-refractivity contribution < 1.29 is 33.0 Å². The van der Waals surface area contributed by atoms with Gasteiger partial charge in [0, 0.05) is 69.3 Å². The minimum atomic E-state index is -1.77. The molecular weight excluding hydrogens is 508 g/mol. The van der Waals surface area contributed by atoms with Gasteiger partial charge in [0.15, 0.2) is 0 Å². The first kappa shape index (κ1) is 27.2. The average molecular weight is 550 g/mol. The molecule has 214 valence electrons. The van der Waals surface area contributed by atoms with Gasteiger partial charge in [0.05, 0.1) is 38.4 Å². The van der Waals surface area contributed by atoms with E-state index < -0.39 is 17.7 Å². The summed E-state index contributed by atoms with van der Waals surface area (Å²) in [6, 6.07) is 19.5. The molecule has 0 aliphatic carbocycles. The fourth-order valence-corrected chi connectivity index (χ4v) is 7.69. The zero-order valence-electron chi connectivity index (χ0n) is 23.2. The molecule has 6 rings (SSSR count). The molecule has 4 aliphatic rings. The maximum Gasteiger partial charge on any atom is 0.510 e. The van der Waals surface area contributed by atoms with Crippen molar-refractivity contribution in [3.63, 3.8) is 0 Å². The minimum absolute atomic E-state index is 0.166. The van der Waals surface area contributed by atoms with E-state index in [4.69, 9.17) is 18.9 Å². The van der Waals surface area contributed by atoms with Gasteiger partial charge in [-0.3, -0.25) is 4.90 Å². The quantitative estimate of drug-likeness (QED) is 0.360. The van der Waals surface area contributed by atoms with Crippen LogP contribution in [0.5, 0.6) is 0 Å². The Balaban J connectivity index is 1.24. The molecule has 2 aromatic carbocycles. The summed E-state index contributed by atoms with van der Waals surface area (Å²) in [6.07, 6.45) is 5.65. The molecule has 0 amide bonds. The number of rotatable bonds is 8. The zero-order valence-corrected chi connectivity index (χ0v) is 23.2. The molecule has 40 heavy (non-hydrogen) atoms. The molecule has 2 aromatic rings. The first-order chi connectivity index (χ1) is 19.6. The second kappa shape index (κ2) is 11.9. The van der Waals surface area contributed by atoms with Crippen molar-refractivity contribution in [2.75, 3.05) is 52.5 Å². The third-order valence-electron chi connectivity index (χ3n) is 9.65. The van der Waals surface area contributed by atoms with Crippen molar-refractivity contribution in [1.29, 1.82) is 0 Å². The molecule has 4 heterocycles. The van der Waals surface area contributed by atoms with E-state index in [1.165, 1.54) is 43.3 Å². The summed E-state index contributed by atoms with van der Waals surface area (Å²) in [6.45, 7) is 6.20. The van der Waals surface area contributed by atoms with Gasteiger partial charge in [0.25, 0.3) is 5.60 Å². The van der Waals surface area contributed by atoms with Gasteiger partial charge in [-0.05, 0) is 0 Å². The Kier molecular flexibility index (Phi) is 8.10. The summed E-state index contributed by atoms with van der Waals surface area (Å²) in [5, 5.41) is 0. The number of hydrogen-bond acceptors (Lipinski definition) is 7. The Morgan fingerprint density at radius 2 is 1.45 bits per heavy atom. The predicted octanol–water partition coefficient (Wildman–Crippen LogP) is 4.26. The summed E-state index contributed by atoms with van der Waals surface area (Å²) >= 11 is 0. The molecule has 8 heteroatoms. The van der Waals surface area contributed by atoms with E-state index in [1.807, 2.05) is 60.7 Å². The van der Waals surface area contributed by atoms with E-state index >= 15 is 0 Å². The van der Waals surface area contributed by atoms with Gasteiger partial charge in [0.1, 0.15) is 12.7 Å². The maximum absolute atomic E-state index is 14.4. The maximum atomic E-state index is 14.4. The molecular formula is C32H41N2O6+. The molecule has 4 aliphatic heterocycles. The molecule has 0 N–H and O–H groups in total. The average Bonchev–Trinajstić information content (AvgIpc) is 3.54. The van der Waals surface area contributed by atoms with E-state index in [2.05, 4.69) is 4.90 Å². The summed E-state index contributed by atoms with van der Waals surface area (Å²) < 4.78 is 24.6. The van der Waals surface area contributed by atoms with Crippen LogP contribution in [0.15, 0.2) is 60.7 Å². The highest BCUT2D eigenvalue weighted by molar-refractivity contribution is 5.88. The summed E-state index contributed by atoms with van der Waals surface area (Å²) in [5.74, 6) is -0.561. The van der Waals surface area contributed by atoms with Gasteiger partial charge >= 0.3 is 12.1 Å². The fourth-order valence-electron chi connectivity index (χ4n) is 7.69. The predicted molar refractivity (Wildman–Crippen MR) is 149 cm³/mol. The molecule has 4 fully saturated rings. The second-order valence-electron chi connectivity index (χ2n) is 11.7. The third kappa shape index (κ3) is 5.24. The topological polar surface area (TPSA) is 74.3 Å². The number of piperidine rings is 1. The van der Waals surface area contributed by atoms with Gasteiger partial charge in [-0.15, -0.1) is 0 Å². The largest absolute Gasteiger partial charge is 0.510 e. The van der Waals surface area contributed by atoms with Crippen LogP contribution >= 0.6 is 0 Å². The van der Waals surface area contributed by atoms with Crippen LogP contribution in [-0.2, 0) is 29.3 Å². The number of esters is 1. The monoisotopic (exact) mass is 549 g/mol. The first-order valence-corrected chi connectivity index (χ1v) is 14.9. The molecule has 8 nitrogen and oxygen atoms in total. The molecule has 0 radical (unpaired) electrons. The Morgan fingerprint density at radius 3 is 2.02 bits per heavy atom. The van der Waals surface area contributed by atoms with E-state index in [-0.39, 0.29) is 12.7 Å². The molecule has 2 atom stereocenters. The number of benzene rings is 2. The highest BCUT2D eigenvalue weighted by Crippen LogP contribution is 2.47. The van der Waals surface area contributed by atoms with Crippen molar-refractivity contribution in [3.8, 4) is 0 Å². The Labute approximate surface area is 236 Å². The van der Waals surface area contributed by atoms with Gasteiger partial charge < -0.3 is 23.4 Å².